The Morgan fingerprint density at radius 1 is 1.08 bits per heavy atom. The summed E-state index contributed by atoms with van der Waals surface area (Å²) in [5.74, 6) is 0.306. The Hall–Kier alpha value is -2.79. The monoisotopic (exact) mass is 317 g/mol. The van der Waals surface area contributed by atoms with Crippen molar-refractivity contribution in [3.63, 3.8) is 0 Å². The molecule has 1 N–H and O–H groups in total. The van der Waals surface area contributed by atoms with Crippen molar-refractivity contribution in [3.8, 4) is 11.8 Å². The number of hydrogen-bond acceptors (Lipinski definition) is 2. The molecule has 0 saturated heterocycles. The summed E-state index contributed by atoms with van der Waals surface area (Å²) in [6.07, 6.45) is 8.14. The molecule has 2 heteroatoms. The van der Waals surface area contributed by atoms with Crippen LogP contribution in [0.3, 0.4) is 0 Å². The molecule has 0 bridgehead atoms. The number of allylic oxidation sites excluding steroid dienone is 2. The third-order valence-electron chi connectivity index (χ3n) is 3.82. The molecule has 2 nitrogen and oxygen atoms in total. The summed E-state index contributed by atoms with van der Waals surface area (Å²) in [5, 5.41) is 18.8. The lowest BCUT2D eigenvalue weighted by molar-refractivity contribution is 0.471. The highest BCUT2D eigenvalue weighted by Crippen LogP contribution is 2.19. The number of nitriles is 1. The van der Waals surface area contributed by atoms with Gasteiger partial charge in [0.05, 0.1) is 11.6 Å². The van der Waals surface area contributed by atoms with E-state index in [0.29, 0.717) is 11.3 Å². The number of nitrogens with zero attached hydrogens (tertiary/aromatic N) is 1. The first-order valence-electron chi connectivity index (χ1n) is 8.13. The van der Waals surface area contributed by atoms with Crippen LogP contribution in [0.5, 0.6) is 5.75 Å². The highest BCUT2D eigenvalue weighted by atomic mass is 16.3. The maximum Gasteiger partial charge on any atom is 0.118 e. The molecule has 0 saturated carbocycles. The van der Waals surface area contributed by atoms with E-state index in [-0.39, 0.29) is 0 Å². The molecule has 0 aliphatic rings. The van der Waals surface area contributed by atoms with Gasteiger partial charge in [-0.25, -0.2) is 0 Å². The molecule has 0 heterocycles. The lowest BCUT2D eigenvalue weighted by Gasteiger charge is -2.04. The van der Waals surface area contributed by atoms with Gasteiger partial charge < -0.3 is 5.11 Å². The van der Waals surface area contributed by atoms with Gasteiger partial charge in [0.25, 0.3) is 0 Å². The molecule has 0 fully saturated rings. The van der Waals surface area contributed by atoms with E-state index in [4.69, 9.17) is 0 Å². The van der Waals surface area contributed by atoms with Crippen LogP contribution < -0.4 is 0 Å². The quantitative estimate of drug-likeness (QED) is 0.572. The Labute approximate surface area is 144 Å². The average Bonchev–Trinajstić information content (AvgIpc) is 2.55. The zero-order chi connectivity index (χ0) is 17.5. The Morgan fingerprint density at radius 2 is 1.83 bits per heavy atom. The van der Waals surface area contributed by atoms with Crippen LogP contribution in [-0.4, -0.2) is 5.11 Å². The van der Waals surface area contributed by atoms with E-state index in [2.05, 4.69) is 32.1 Å². The average molecular weight is 317 g/mol. The second-order valence-corrected chi connectivity index (χ2v) is 6.27. The highest BCUT2D eigenvalue weighted by molar-refractivity contribution is 5.71. The minimum absolute atomic E-state index is 0.306. The Morgan fingerprint density at radius 3 is 2.50 bits per heavy atom. The lowest BCUT2D eigenvalue weighted by Crippen LogP contribution is -1.88. The molecule has 0 aromatic heterocycles. The molecule has 2 aromatic rings. The molecule has 0 aliphatic heterocycles. The predicted octanol–water partition coefficient (Wildman–Crippen LogP) is 5.64. The van der Waals surface area contributed by atoms with Gasteiger partial charge in [-0.05, 0) is 80.1 Å². The molecular weight excluding hydrogens is 294 g/mol. The second-order valence-electron chi connectivity index (χ2n) is 6.27. The van der Waals surface area contributed by atoms with Crippen molar-refractivity contribution in [3.05, 3.63) is 75.9 Å². The summed E-state index contributed by atoms with van der Waals surface area (Å²) in [6, 6.07) is 13.7. The summed E-state index contributed by atoms with van der Waals surface area (Å²) < 4.78 is 0. The normalized spacial score (nSPS) is 10.6. The van der Waals surface area contributed by atoms with Crippen molar-refractivity contribution in [2.45, 2.75) is 33.6 Å². The van der Waals surface area contributed by atoms with E-state index >= 15 is 0 Å². The first-order chi connectivity index (χ1) is 11.5. The summed E-state index contributed by atoms with van der Waals surface area (Å²) >= 11 is 0. The van der Waals surface area contributed by atoms with Crippen LogP contribution in [0.25, 0.3) is 12.2 Å². The number of benzene rings is 2. The Balaban J connectivity index is 2.22. The summed E-state index contributed by atoms with van der Waals surface area (Å²) in [6.45, 7) is 6.07. The topological polar surface area (TPSA) is 44.0 Å². The SMILES string of the molecule is CC(C)=CCCc1cc(C#N)cc(/C=C/c2ccc(O)c(C)c2)c1. The van der Waals surface area contributed by atoms with Gasteiger partial charge in [0, 0.05) is 0 Å². The van der Waals surface area contributed by atoms with Crippen LogP contribution in [-0.2, 0) is 6.42 Å². The van der Waals surface area contributed by atoms with Crippen molar-refractivity contribution in [2.75, 3.05) is 0 Å². The van der Waals surface area contributed by atoms with Gasteiger partial charge in [-0.1, -0.05) is 35.9 Å². The molecule has 0 atom stereocenters. The molecule has 0 amide bonds. The molecule has 24 heavy (non-hydrogen) atoms. The van der Waals surface area contributed by atoms with E-state index in [1.165, 1.54) is 11.1 Å². The lowest BCUT2D eigenvalue weighted by atomic mass is 10.0. The fraction of sp³-hybridized carbons (Fsp3) is 0.227. The molecular formula is C22H23NO. The van der Waals surface area contributed by atoms with Crippen LogP contribution in [0.2, 0.25) is 0 Å². The predicted molar refractivity (Wildman–Crippen MR) is 101 cm³/mol. The first-order valence-corrected chi connectivity index (χ1v) is 8.13. The van der Waals surface area contributed by atoms with E-state index in [0.717, 1.165) is 29.5 Å². The van der Waals surface area contributed by atoms with Gasteiger partial charge in [-0.3, -0.25) is 0 Å². The number of aryl methyl sites for hydroxylation is 2. The van der Waals surface area contributed by atoms with Gasteiger partial charge >= 0.3 is 0 Å². The number of rotatable bonds is 5. The van der Waals surface area contributed by atoms with Gasteiger partial charge in [0.2, 0.25) is 0 Å². The van der Waals surface area contributed by atoms with Gasteiger partial charge in [-0.15, -0.1) is 0 Å². The summed E-state index contributed by atoms with van der Waals surface area (Å²) in [4.78, 5) is 0. The molecule has 0 spiro atoms. The summed E-state index contributed by atoms with van der Waals surface area (Å²) in [7, 11) is 0. The minimum atomic E-state index is 0.306. The Kier molecular flexibility index (Phi) is 5.98. The van der Waals surface area contributed by atoms with E-state index in [9.17, 15) is 10.4 Å². The molecule has 0 radical (unpaired) electrons. The largest absolute Gasteiger partial charge is 0.508 e. The number of aromatic hydroxyl groups is 1. The van der Waals surface area contributed by atoms with Crippen LogP contribution in [0, 0.1) is 18.3 Å². The van der Waals surface area contributed by atoms with Crippen molar-refractivity contribution < 1.29 is 5.11 Å². The van der Waals surface area contributed by atoms with Crippen molar-refractivity contribution in [1.29, 1.82) is 5.26 Å². The smallest absolute Gasteiger partial charge is 0.118 e. The minimum Gasteiger partial charge on any atom is -0.508 e. The fourth-order valence-electron chi connectivity index (χ4n) is 2.53. The number of hydrogen-bond donors (Lipinski definition) is 1. The van der Waals surface area contributed by atoms with Gasteiger partial charge in [0.1, 0.15) is 5.75 Å². The van der Waals surface area contributed by atoms with Gasteiger partial charge in [-0.2, -0.15) is 5.26 Å². The van der Waals surface area contributed by atoms with Crippen LogP contribution >= 0.6 is 0 Å². The third-order valence-corrected chi connectivity index (χ3v) is 3.82. The third kappa shape index (κ3) is 5.14. The van der Waals surface area contributed by atoms with Crippen molar-refractivity contribution in [1.82, 2.24) is 0 Å². The summed E-state index contributed by atoms with van der Waals surface area (Å²) in [5.41, 5.74) is 6.07. The first kappa shape index (κ1) is 17.6. The molecule has 0 unspecified atom stereocenters. The fourth-order valence-corrected chi connectivity index (χ4v) is 2.53. The molecule has 0 aliphatic carbocycles. The molecule has 122 valence electrons. The van der Waals surface area contributed by atoms with Crippen molar-refractivity contribution in [2.24, 2.45) is 0 Å². The van der Waals surface area contributed by atoms with Crippen molar-refractivity contribution >= 4 is 12.2 Å². The van der Waals surface area contributed by atoms with E-state index < -0.39 is 0 Å². The van der Waals surface area contributed by atoms with Crippen LogP contribution in [0.15, 0.2) is 48.0 Å². The van der Waals surface area contributed by atoms with Gasteiger partial charge in [0.15, 0.2) is 0 Å². The number of phenolic OH excluding ortho intramolecular Hbond substituents is 1. The van der Waals surface area contributed by atoms with Crippen LogP contribution in [0.4, 0.5) is 0 Å². The maximum atomic E-state index is 9.59. The second kappa shape index (κ2) is 8.17. The zero-order valence-electron chi connectivity index (χ0n) is 14.5. The molecule has 2 rings (SSSR count). The molecule has 2 aromatic carbocycles. The zero-order valence-corrected chi connectivity index (χ0v) is 14.5. The maximum absolute atomic E-state index is 9.59. The van der Waals surface area contributed by atoms with E-state index in [1.807, 2.05) is 43.3 Å². The standard InChI is InChI=1S/C22H23NO/c1-16(2)5-4-6-19-12-20(14-21(13-19)15-23)8-7-18-9-10-22(24)17(3)11-18/h5,7-14,24H,4,6H2,1-3H3/b8-7+. The number of phenols is 1. The van der Waals surface area contributed by atoms with Crippen LogP contribution in [0.1, 0.15) is 48.1 Å². The van der Waals surface area contributed by atoms with E-state index in [1.54, 1.807) is 6.07 Å². The highest BCUT2D eigenvalue weighted by Gasteiger charge is 2.00. The Bertz CT molecular complexity index is 818.